The Balaban J connectivity index is 2.83. The van der Waals surface area contributed by atoms with Crippen molar-refractivity contribution in [1.29, 1.82) is 0 Å². The third-order valence-corrected chi connectivity index (χ3v) is 3.85. The zero-order valence-corrected chi connectivity index (χ0v) is 11.3. The molecule has 0 aliphatic rings. The Morgan fingerprint density at radius 2 is 1.94 bits per heavy atom. The number of rotatable bonds is 4. The van der Waals surface area contributed by atoms with Crippen molar-refractivity contribution in [3.8, 4) is 0 Å². The summed E-state index contributed by atoms with van der Waals surface area (Å²) in [4.78, 5) is 0. The van der Waals surface area contributed by atoms with E-state index < -0.39 is 10.0 Å². The molecule has 1 aromatic carbocycles. The first-order chi connectivity index (χ1) is 7.72. The molecular formula is C12H20N2O2S. The van der Waals surface area contributed by atoms with Gasteiger partial charge in [-0.1, -0.05) is 32.9 Å². The van der Waals surface area contributed by atoms with Gasteiger partial charge in [0.05, 0.1) is 5.75 Å². The van der Waals surface area contributed by atoms with Gasteiger partial charge in [0.15, 0.2) is 0 Å². The second-order valence-corrected chi connectivity index (χ2v) is 7.05. The summed E-state index contributed by atoms with van der Waals surface area (Å²) in [7, 11) is -3.31. The molecule has 3 N–H and O–H groups in total. The first kappa shape index (κ1) is 14.0. The fourth-order valence-corrected chi connectivity index (χ4v) is 3.25. The van der Waals surface area contributed by atoms with Crippen molar-refractivity contribution >= 4 is 15.7 Å². The summed E-state index contributed by atoms with van der Waals surface area (Å²) in [6.07, 6.45) is 0. The van der Waals surface area contributed by atoms with Gasteiger partial charge in [-0.25, -0.2) is 8.42 Å². The molecule has 0 saturated heterocycles. The molecule has 0 heterocycles. The topological polar surface area (TPSA) is 72.2 Å². The highest BCUT2D eigenvalue weighted by molar-refractivity contribution is 7.92. The first-order valence-corrected chi connectivity index (χ1v) is 7.17. The van der Waals surface area contributed by atoms with Gasteiger partial charge in [-0.05, 0) is 23.1 Å². The Hall–Kier alpha value is -1.07. The van der Waals surface area contributed by atoms with E-state index in [1.165, 1.54) is 0 Å². The van der Waals surface area contributed by atoms with Crippen LogP contribution in [-0.2, 0) is 16.6 Å². The van der Waals surface area contributed by atoms with E-state index >= 15 is 0 Å². The minimum Gasteiger partial charge on any atom is -0.326 e. The van der Waals surface area contributed by atoms with E-state index in [2.05, 4.69) is 4.72 Å². The van der Waals surface area contributed by atoms with E-state index in [1.807, 2.05) is 26.8 Å². The molecular weight excluding hydrogens is 236 g/mol. The molecule has 96 valence electrons. The van der Waals surface area contributed by atoms with Crippen LogP contribution in [0.3, 0.4) is 0 Å². The summed E-state index contributed by atoms with van der Waals surface area (Å²) < 4.78 is 26.3. The molecule has 0 aliphatic carbocycles. The highest BCUT2D eigenvalue weighted by atomic mass is 32.2. The molecule has 0 bridgehead atoms. The molecule has 0 amide bonds. The summed E-state index contributed by atoms with van der Waals surface area (Å²) in [5.41, 5.74) is 6.71. The number of hydrogen-bond acceptors (Lipinski definition) is 3. The molecule has 4 nitrogen and oxygen atoms in total. The van der Waals surface area contributed by atoms with Crippen molar-refractivity contribution in [1.82, 2.24) is 0 Å². The van der Waals surface area contributed by atoms with Crippen LogP contribution in [0.25, 0.3) is 0 Å². The highest BCUT2D eigenvalue weighted by Gasteiger charge is 2.21. The van der Waals surface area contributed by atoms with Gasteiger partial charge >= 0.3 is 0 Å². The summed E-state index contributed by atoms with van der Waals surface area (Å²) in [6.45, 7) is 6.07. The standard InChI is InChI=1S/C12H20N2O2S/c1-12(2,3)9-17(15,16)14-11-6-4-5-10(7-11)8-13/h4-7,14H,8-9,13H2,1-3H3. The van der Waals surface area contributed by atoms with Crippen LogP contribution in [0.1, 0.15) is 26.3 Å². The van der Waals surface area contributed by atoms with E-state index in [4.69, 9.17) is 5.73 Å². The van der Waals surface area contributed by atoms with Gasteiger partial charge in [0.1, 0.15) is 0 Å². The van der Waals surface area contributed by atoms with Crippen LogP contribution in [0, 0.1) is 5.41 Å². The Bertz CT molecular complexity index is 476. The van der Waals surface area contributed by atoms with E-state index in [9.17, 15) is 8.42 Å². The SMILES string of the molecule is CC(C)(C)CS(=O)(=O)Nc1cccc(CN)c1. The lowest BCUT2D eigenvalue weighted by molar-refractivity contribution is 0.463. The van der Waals surface area contributed by atoms with Gasteiger partial charge in [-0.2, -0.15) is 0 Å². The quantitative estimate of drug-likeness (QED) is 0.864. The molecule has 0 radical (unpaired) electrons. The van der Waals surface area contributed by atoms with Crippen molar-refractivity contribution in [2.24, 2.45) is 11.1 Å². The third kappa shape index (κ3) is 5.19. The predicted octanol–water partition coefficient (Wildman–Crippen LogP) is 1.93. The van der Waals surface area contributed by atoms with E-state index in [1.54, 1.807) is 18.2 Å². The van der Waals surface area contributed by atoms with Crippen LogP contribution in [0.2, 0.25) is 0 Å². The van der Waals surface area contributed by atoms with Crippen LogP contribution in [0.4, 0.5) is 5.69 Å². The zero-order chi connectivity index (χ0) is 13.1. The molecule has 17 heavy (non-hydrogen) atoms. The van der Waals surface area contributed by atoms with Crippen molar-refractivity contribution in [3.05, 3.63) is 29.8 Å². The maximum Gasteiger partial charge on any atom is 0.233 e. The second kappa shape index (κ2) is 5.06. The number of benzene rings is 1. The lowest BCUT2D eigenvalue weighted by Gasteiger charge is -2.18. The molecule has 1 aromatic rings. The predicted molar refractivity (Wildman–Crippen MR) is 71.2 cm³/mol. The zero-order valence-electron chi connectivity index (χ0n) is 10.5. The molecule has 0 unspecified atom stereocenters. The van der Waals surface area contributed by atoms with Gasteiger partial charge in [0.2, 0.25) is 10.0 Å². The summed E-state index contributed by atoms with van der Waals surface area (Å²) in [5.74, 6) is 0.0901. The largest absolute Gasteiger partial charge is 0.326 e. The number of anilines is 1. The van der Waals surface area contributed by atoms with Crippen LogP contribution >= 0.6 is 0 Å². The Labute approximate surface area is 103 Å². The summed E-state index contributed by atoms with van der Waals surface area (Å²) >= 11 is 0. The lowest BCUT2D eigenvalue weighted by atomic mass is 10.0. The number of sulfonamides is 1. The minimum atomic E-state index is -3.31. The van der Waals surface area contributed by atoms with Gasteiger partial charge in [-0.3, -0.25) is 4.72 Å². The average Bonchev–Trinajstić information content (AvgIpc) is 2.13. The normalized spacial score (nSPS) is 12.5. The minimum absolute atomic E-state index is 0.0901. The lowest BCUT2D eigenvalue weighted by Crippen LogP contribution is -2.26. The Kier molecular flexibility index (Phi) is 4.16. The molecule has 0 spiro atoms. The van der Waals surface area contributed by atoms with Crippen LogP contribution in [0.5, 0.6) is 0 Å². The number of hydrogen-bond donors (Lipinski definition) is 2. The van der Waals surface area contributed by atoms with Gasteiger partial charge in [0, 0.05) is 12.2 Å². The van der Waals surface area contributed by atoms with Crippen LogP contribution in [0.15, 0.2) is 24.3 Å². The number of nitrogens with two attached hydrogens (primary N) is 1. The maximum atomic E-state index is 11.9. The van der Waals surface area contributed by atoms with Crippen molar-refractivity contribution < 1.29 is 8.42 Å². The monoisotopic (exact) mass is 256 g/mol. The molecule has 0 saturated carbocycles. The van der Waals surface area contributed by atoms with Crippen LogP contribution < -0.4 is 10.5 Å². The molecule has 1 rings (SSSR count). The van der Waals surface area contributed by atoms with Gasteiger partial charge < -0.3 is 5.73 Å². The summed E-state index contributed by atoms with van der Waals surface area (Å²) in [5, 5.41) is 0. The van der Waals surface area contributed by atoms with Gasteiger partial charge in [-0.15, -0.1) is 0 Å². The molecule has 0 atom stereocenters. The maximum absolute atomic E-state index is 11.9. The first-order valence-electron chi connectivity index (χ1n) is 5.51. The smallest absolute Gasteiger partial charge is 0.233 e. The van der Waals surface area contributed by atoms with Crippen LogP contribution in [-0.4, -0.2) is 14.2 Å². The average molecular weight is 256 g/mol. The molecule has 0 aliphatic heterocycles. The second-order valence-electron chi connectivity index (χ2n) is 5.33. The fraction of sp³-hybridized carbons (Fsp3) is 0.500. The van der Waals surface area contributed by atoms with E-state index in [0.29, 0.717) is 12.2 Å². The van der Waals surface area contributed by atoms with E-state index in [0.717, 1.165) is 5.56 Å². The fourth-order valence-electron chi connectivity index (χ4n) is 1.55. The van der Waals surface area contributed by atoms with Crippen molar-refractivity contribution in [2.75, 3.05) is 10.5 Å². The Morgan fingerprint density at radius 3 is 2.47 bits per heavy atom. The van der Waals surface area contributed by atoms with Crippen molar-refractivity contribution in [3.63, 3.8) is 0 Å². The molecule has 0 fully saturated rings. The summed E-state index contributed by atoms with van der Waals surface area (Å²) in [6, 6.07) is 7.12. The highest BCUT2D eigenvalue weighted by Crippen LogP contribution is 2.19. The number of nitrogens with one attached hydrogen (secondary N) is 1. The molecule has 0 aromatic heterocycles. The Morgan fingerprint density at radius 1 is 1.29 bits per heavy atom. The molecule has 5 heteroatoms. The van der Waals surface area contributed by atoms with Crippen molar-refractivity contribution in [2.45, 2.75) is 27.3 Å². The van der Waals surface area contributed by atoms with Gasteiger partial charge in [0.25, 0.3) is 0 Å². The third-order valence-electron chi connectivity index (χ3n) is 2.06. The van der Waals surface area contributed by atoms with E-state index in [-0.39, 0.29) is 11.2 Å².